The van der Waals surface area contributed by atoms with Gasteiger partial charge in [0.2, 0.25) is 0 Å². The predicted molar refractivity (Wildman–Crippen MR) is 59.1 cm³/mol. The van der Waals surface area contributed by atoms with E-state index in [1.165, 1.54) is 14.2 Å². The molecule has 4 nitrogen and oxygen atoms in total. The lowest BCUT2D eigenvalue weighted by Crippen LogP contribution is -2.31. The van der Waals surface area contributed by atoms with Gasteiger partial charge < -0.3 is 14.2 Å². The average Bonchev–Trinajstić information content (AvgIpc) is 2.31. The summed E-state index contributed by atoms with van der Waals surface area (Å²) in [5, 5.41) is 0. The predicted octanol–water partition coefficient (Wildman–Crippen LogP) is 1.85. The molecule has 0 heterocycles. The number of carbonyl (C=O) groups is 1. The number of hydrogen-bond acceptors (Lipinski definition) is 4. The molecule has 0 aliphatic heterocycles. The SMILES string of the molecule is COC(OC)C(C)OC(=O)c1ccccc1. The van der Waals surface area contributed by atoms with E-state index in [1.54, 1.807) is 31.2 Å². The first-order valence-electron chi connectivity index (χ1n) is 5.00. The minimum atomic E-state index is -0.548. The van der Waals surface area contributed by atoms with E-state index in [9.17, 15) is 4.79 Å². The van der Waals surface area contributed by atoms with Crippen LogP contribution in [0.2, 0.25) is 0 Å². The van der Waals surface area contributed by atoms with Gasteiger partial charge in [-0.1, -0.05) is 18.2 Å². The molecule has 0 bridgehead atoms. The lowest BCUT2D eigenvalue weighted by Gasteiger charge is -2.21. The lowest BCUT2D eigenvalue weighted by atomic mass is 10.2. The molecule has 88 valence electrons. The smallest absolute Gasteiger partial charge is 0.338 e. The highest BCUT2D eigenvalue weighted by Gasteiger charge is 2.20. The number of methoxy groups -OCH3 is 2. The van der Waals surface area contributed by atoms with Crippen LogP contribution >= 0.6 is 0 Å². The fraction of sp³-hybridized carbons (Fsp3) is 0.417. The molecule has 1 atom stereocenters. The van der Waals surface area contributed by atoms with Gasteiger partial charge in [0.05, 0.1) is 5.56 Å². The number of ether oxygens (including phenoxy) is 3. The molecule has 16 heavy (non-hydrogen) atoms. The second kappa shape index (κ2) is 6.25. The number of benzene rings is 1. The molecule has 0 amide bonds. The van der Waals surface area contributed by atoms with Crippen LogP contribution in [0.3, 0.4) is 0 Å². The summed E-state index contributed by atoms with van der Waals surface area (Å²) in [4.78, 5) is 11.7. The third kappa shape index (κ3) is 3.32. The van der Waals surface area contributed by atoms with Crippen molar-refractivity contribution in [3.63, 3.8) is 0 Å². The maximum atomic E-state index is 11.7. The van der Waals surface area contributed by atoms with Gasteiger partial charge in [-0.2, -0.15) is 0 Å². The van der Waals surface area contributed by atoms with Crippen LogP contribution in [0.5, 0.6) is 0 Å². The van der Waals surface area contributed by atoms with E-state index in [1.807, 2.05) is 6.07 Å². The van der Waals surface area contributed by atoms with Crippen molar-refractivity contribution >= 4 is 5.97 Å². The molecule has 1 unspecified atom stereocenters. The Morgan fingerprint density at radius 2 is 1.69 bits per heavy atom. The Morgan fingerprint density at radius 1 is 1.12 bits per heavy atom. The summed E-state index contributed by atoms with van der Waals surface area (Å²) in [7, 11) is 3.00. The molecule has 0 radical (unpaired) electrons. The van der Waals surface area contributed by atoms with Crippen LogP contribution in [0.1, 0.15) is 17.3 Å². The minimum absolute atomic E-state index is 0.382. The van der Waals surface area contributed by atoms with E-state index in [0.29, 0.717) is 5.56 Å². The van der Waals surface area contributed by atoms with Crippen molar-refractivity contribution in [1.82, 2.24) is 0 Å². The largest absolute Gasteiger partial charge is 0.454 e. The normalized spacial score (nSPS) is 12.5. The Bertz CT molecular complexity index is 319. The highest BCUT2D eigenvalue weighted by molar-refractivity contribution is 5.89. The van der Waals surface area contributed by atoms with E-state index in [-0.39, 0.29) is 5.97 Å². The summed E-state index contributed by atoms with van der Waals surface area (Å²) in [6.07, 6.45) is -1.00. The Balaban J connectivity index is 2.58. The molecule has 0 spiro atoms. The number of hydrogen-bond donors (Lipinski definition) is 0. The van der Waals surface area contributed by atoms with Crippen LogP contribution in [0.4, 0.5) is 0 Å². The Morgan fingerprint density at radius 3 is 2.19 bits per heavy atom. The molecule has 0 fully saturated rings. The standard InChI is InChI=1S/C12H16O4/c1-9(12(14-2)15-3)16-11(13)10-7-5-4-6-8-10/h4-9,12H,1-3H3. The van der Waals surface area contributed by atoms with Crippen LogP contribution in [-0.4, -0.2) is 32.6 Å². The van der Waals surface area contributed by atoms with Crippen LogP contribution in [0.15, 0.2) is 30.3 Å². The zero-order valence-corrected chi connectivity index (χ0v) is 9.67. The fourth-order valence-corrected chi connectivity index (χ4v) is 1.35. The van der Waals surface area contributed by atoms with Crippen LogP contribution < -0.4 is 0 Å². The van der Waals surface area contributed by atoms with Crippen LogP contribution in [-0.2, 0) is 14.2 Å². The van der Waals surface area contributed by atoms with Crippen LogP contribution in [0.25, 0.3) is 0 Å². The van der Waals surface area contributed by atoms with Crippen molar-refractivity contribution in [1.29, 1.82) is 0 Å². The molecular weight excluding hydrogens is 208 g/mol. The van der Waals surface area contributed by atoms with Crippen molar-refractivity contribution in [2.45, 2.75) is 19.3 Å². The summed E-state index contributed by atoms with van der Waals surface area (Å²) in [5.74, 6) is -0.382. The van der Waals surface area contributed by atoms with Gasteiger partial charge in [-0.25, -0.2) is 4.79 Å². The quantitative estimate of drug-likeness (QED) is 0.565. The molecule has 0 aliphatic carbocycles. The molecule has 4 heteroatoms. The molecule has 1 rings (SSSR count). The van der Waals surface area contributed by atoms with E-state index < -0.39 is 12.4 Å². The van der Waals surface area contributed by atoms with Gasteiger partial charge in [-0.3, -0.25) is 0 Å². The first-order valence-corrected chi connectivity index (χ1v) is 5.00. The maximum Gasteiger partial charge on any atom is 0.338 e. The van der Waals surface area contributed by atoms with Crippen molar-refractivity contribution in [3.8, 4) is 0 Å². The highest BCUT2D eigenvalue weighted by Crippen LogP contribution is 2.08. The summed E-state index contributed by atoms with van der Waals surface area (Å²) >= 11 is 0. The van der Waals surface area contributed by atoms with Gasteiger partial charge >= 0.3 is 5.97 Å². The minimum Gasteiger partial charge on any atom is -0.454 e. The fourth-order valence-electron chi connectivity index (χ4n) is 1.35. The van der Waals surface area contributed by atoms with E-state index >= 15 is 0 Å². The zero-order valence-electron chi connectivity index (χ0n) is 9.67. The first-order chi connectivity index (χ1) is 7.69. The van der Waals surface area contributed by atoms with Crippen molar-refractivity contribution in [2.24, 2.45) is 0 Å². The van der Waals surface area contributed by atoms with Crippen molar-refractivity contribution in [3.05, 3.63) is 35.9 Å². The molecular formula is C12H16O4. The Kier molecular flexibility index (Phi) is 4.95. The number of esters is 1. The Labute approximate surface area is 95.1 Å². The topological polar surface area (TPSA) is 44.8 Å². The van der Waals surface area contributed by atoms with Crippen molar-refractivity contribution in [2.75, 3.05) is 14.2 Å². The average molecular weight is 224 g/mol. The highest BCUT2D eigenvalue weighted by atomic mass is 16.7. The molecule has 0 aliphatic rings. The van der Waals surface area contributed by atoms with E-state index in [2.05, 4.69) is 0 Å². The van der Waals surface area contributed by atoms with Crippen molar-refractivity contribution < 1.29 is 19.0 Å². The maximum absolute atomic E-state index is 11.7. The molecule has 0 aromatic heterocycles. The summed E-state index contributed by atoms with van der Waals surface area (Å²) in [5.41, 5.74) is 0.514. The van der Waals surface area contributed by atoms with Gasteiger partial charge in [0.15, 0.2) is 6.29 Å². The molecule has 0 N–H and O–H groups in total. The monoisotopic (exact) mass is 224 g/mol. The second-order valence-electron chi connectivity index (χ2n) is 3.32. The van der Waals surface area contributed by atoms with Gasteiger partial charge in [-0.05, 0) is 19.1 Å². The molecule has 0 saturated heterocycles. The first kappa shape index (κ1) is 12.7. The lowest BCUT2D eigenvalue weighted by molar-refractivity contribution is -0.160. The number of carbonyl (C=O) groups excluding carboxylic acids is 1. The van der Waals surface area contributed by atoms with Gasteiger partial charge in [0.1, 0.15) is 6.10 Å². The summed E-state index contributed by atoms with van der Waals surface area (Å²) in [6, 6.07) is 8.80. The Hall–Kier alpha value is -1.39. The molecule has 0 saturated carbocycles. The zero-order chi connectivity index (χ0) is 12.0. The number of rotatable bonds is 5. The van der Waals surface area contributed by atoms with Crippen LogP contribution in [0, 0.1) is 0 Å². The third-order valence-corrected chi connectivity index (χ3v) is 2.15. The summed E-state index contributed by atoms with van der Waals surface area (Å²) in [6.45, 7) is 1.72. The van der Waals surface area contributed by atoms with E-state index in [0.717, 1.165) is 0 Å². The molecule has 1 aromatic rings. The van der Waals surface area contributed by atoms with Gasteiger partial charge in [0, 0.05) is 14.2 Å². The molecule has 1 aromatic carbocycles. The summed E-state index contributed by atoms with van der Waals surface area (Å²) < 4.78 is 15.2. The van der Waals surface area contributed by atoms with E-state index in [4.69, 9.17) is 14.2 Å². The second-order valence-corrected chi connectivity index (χ2v) is 3.32. The van der Waals surface area contributed by atoms with Gasteiger partial charge in [0.25, 0.3) is 0 Å². The third-order valence-electron chi connectivity index (χ3n) is 2.15. The van der Waals surface area contributed by atoms with Gasteiger partial charge in [-0.15, -0.1) is 0 Å².